The van der Waals surface area contributed by atoms with Crippen LogP contribution in [0.15, 0.2) is 47.2 Å². The number of rotatable bonds is 12. The van der Waals surface area contributed by atoms with Gasteiger partial charge in [-0.3, -0.25) is 0 Å². The molecule has 206 valence electrons. The van der Waals surface area contributed by atoms with Gasteiger partial charge in [0.05, 0.1) is 6.10 Å². The van der Waals surface area contributed by atoms with E-state index in [9.17, 15) is 10.2 Å². The molecule has 0 radical (unpaired) electrons. The van der Waals surface area contributed by atoms with E-state index in [4.69, 9.17) is 4.74 Å². The lowest BCUT2D eigenvalue weighted by Gasteiger charge is -2.43. The largest absolute Gasteiger partial charge is 0.396 e. The molecule has 1 aliphatic carbocycles. The third-order valence-corrected chi connectivity index (χ3v) is 8.28. The van der Waals surface area contributed by atoms with Crippen molar-refractivity contribution >= 4 is 0 Å². The van der Waals surface area contributed by atoms with Crippen molar-refractivity contribution in [2.24, 2.45) is 23.2 Å². The molecule has 5 nitrogen and oxygen atoms in total. The van der Waals surface area contributed by atoms with Crippen molar-refractivity contribution in [3.63, 3.8) is 0 Å². The fraction of sp³-hybridized carbons (Fsp3) is 0.742. The second-order valence-electron chi connectivity index (χ2n) is 11.3. The molecule has 1 saturated heterocycles. The molecule has 36 heavy (non-hydrogen) atoms. The number of likely N-dealkylation sites (tertiary alicyclic amines) is 1. The Morgan fingerprint density at radius 3 is 2.67 bits per heavy atom. The molecule has 0 saturated carbocycles. The minimum Gasteiger partial charge on any atom is -0.396 e. The summed E-state index contributed by atoms with van der Waals surface area (Å²) in [7, 11) is 0. The number of hydrogen-bond acceptors (Lipinski definition) is 5. The maximum Gasteiger partial charge on any atom is 0.113 e. The molecule has 2 rings (SSSR count). The SMILES string of the molecule is CC=C/C(NCO)=C(C)\C(=C/CC)C1[C@H](C)C=CCC(OCCCN2CCCC(CO)CC2)C1(C)C. The molecule has 2 aliphatic rings. The van der Waals surface area contributed by atoms with Gasteiger partial charge in [-0.05, 0) is 106 Å². The van der Waals surface area contributed by atoms with Gasteiger partial charge in [-0.2, -0.15) is 0 Å². The van der Waals surface area contributed by atoms with Crippen LogP contribution in [0.1, 0.15) is 80.1 Å². The van der Waals surface area contributed by atoms with E-state index in [0.717, 1.165) is 64.0 Å². The Labute approximate surface area is 221 Å². The molecule has 0 amide bonds. The second kappa shape index (κ2) is 15.8. The first kappa shape index (κ1) is 30.8. The van der Waals surface area contributed by atoms with Crippen molar-refractivity contribution in [1.29, 1.82) is 0 Å². The number of ether oxygens (including phenoxy) is 1. The van der Waals surface area contributed by atoms with Crippen molar-refractivity contribution in [3.8, 4) is 0 Å². The van der Waals surface area contributed by atoms with Crippen LogP contribution in [0.2, 0.25) is 0 Å². The normalized spacial score (nSPS) is 28.6. The molecule has 1 heterocycles. The molecule has 4 atom stereocenters. The summed E-state index contributed by atoms with van der Waals surface area (Å²) in [5, 5.41) is 22.2. The molecule has 1 aliphatic heterocycles. The number of aliphatic hydroxyl groups excluding tert-OH is 2. The number of aliphatic hydroxyl groups is 2. The third kappa shape index (κ3) is 8.58. The fourth-order valence-electron chi connectivity index (χ4n) is 6.28. The van der Waals surface area contributed by atoms with E-state index >= 15 is 0 Å². The van der Waals surface area contributed by atoms with E-state index in [-0.39, 0.29) is 18.2 Å². The highest BCUT2D eigenvalue weighted by Crippen LogP contribution is 2.47. The Morgan fingerprint density at radius 2 is 2.00 bits per heavy atom. The van der Waals surface area contributed by atoms with Crippen molar-refractivity contribution < 1.29 is 14.9 Å². The first-order valence-electron chi connectivity index (χ1n) is 14.3. The van der Waals surface area contributed by atoms with Gasteiger partial charge in [0.1, 0.15) is 6.73 Å². The average Bonchev–Trinajstić information content (AvgIpc) is 3.14. The predicted octanol–water partition coefficient (Wildman–Crippen LogP) is 5.82. The van der Waals surface area contributed by atoms with Crippen LogP contribution in [0.4, 0.5) is 0 Å². The molecule has 1 fully saturated rings. The molecule has 0 aromatic heterocycles. The molecule has 0 bridgehead atoms. The maximum atomic E-state index is 9.59. The molecule has 3 N–H and O–H groups in total. The average molecular weight is 503 g/mol. The molecule has 0 spiro atoms. The maximum absolute atomic E-state index is 9.59. The Kier molecular flexibility index (Phi) is 13.5. The van der Waals surface area contributed by atoms with Gasteiger partial charge in [0.2, 0.25) is 0 Å². The van der Waals surface area contributed by atoms with Crippen LogP contribution in [0.25, 0.3) is 0 Å². The quantitative estimate of drug-likeness (QED) is 0.136. The van der Waals surface area contributed by atoms with Gasteiger partial charge >= 0.3 is 0 Å². The predicted molar refractivity (Wildman–Crippen MR) is 152 cm³/mol. The lowest BCUT2D eigenvalue weighted by Crippen LogP contribution is -2.41. The molecular formula is C31H54N2O3. The van der Waals surface area contributed by atoms with E-state index in [0.29, 0.717) is 24.4 Å². The van der Waals surface area contributed by atoms with E-state index in [1.807, 2.05) is 13.0 Å². The number of allylic oxidation sites excluding steroid dienone is 6. The molecule has 3 unspecified atom stereocenters. The van der Waals surface area contributed by atoms with Gasteiger partial charge in [0.25, 0.3) is 0 Å². The van der Waals surface area contributed by atoms with Crippen molar-refractivity contribution in [1.82, 2.24) is 10.2 Å². The smallest absolute Gasteiger partial charge is 0.113 e. The summed E-state index contributed by atoms with van der Waals surface area (Å²) in [6.07, 6.45) is 17.7. The summed E-state index contributed by atoms with van der Waals surface area (Å²) in [5.74, 6) is 1.18. The standard InChI is InChI=1S/C31H54N2O3/c1-7-12-27(25(4)28(13-8-2)32-23-35)30-24(3)14-9-16-29(31(30,5)6)36-21-11-19-33-18-10-15-26(22-34)17-20-33/h8-9,12-14,24,26,29-30,32,34-35H,7,10-11,15-23H2,1-6H3/b13-8?,27-12+,28-25+/t24-,26?,29?,30?/m1/s1. The van der Waals surface area contributed by atoms with E-state index in [2.05, 4.69) is 69.1 Å². The van der Waals surface area contributed by atoms with Crippen molar-refractivity contribution in [2.75, 3.05) is 39.6 Å². The van der Waals surface area contributed by atoms with Crippen molar-refractivity contribution in [3.05, 3.63) is 47.2 Å². The minimum atomic E-state index is -0.0800. The van der Waals surface area contributed by atoms with Gasteiger partial charge in [0.15, 0.2) is 0 Å². The molecular weight excluding hydrogens is 448 g/mol. The highest BCUT2D eigenvalue weighted by molar-refractivity contribution is 5.41. The molecule has 0 aromatic rings. The van der Waals surface area contributed by atoms with Gasteiger partial charge in [-0.15, -0.1) is 0 Å². The Morgan fingerprint density at radius 1 is 1.22 bits per heavy atom. The van der Waals surface area contributed by atoms with Crippen LogP contribution >= 0.6 is 0 Å². The summed E-state index contributed by atoms with van der Waals surface area (Å²) >= 11 is 0. The van der Waals surface area contributed by atoms with E-state index in [1.54, 1.807) is 0 Å². The van der Waals surface area contributed by atoms with Crippen molar-refractivity contribution in [2.45, 2.75) is 86.2 Å². The van der Waals surface area contributed by atoms with Gasteiger partial charge in [0, 0.05) is 25.5 Å². The summed E-state index contributed by atoms with van der Waals surface area (Å²) in [4.78, 5) is 2.55. The number of nitrogens with one attached hydrogen (secondary N) is 1. The van der Waals surface area contributed by atoms with Crippen LogP contribution in [0, 0.1) is 23.2 Å². The summed E-state index contributed by atoms with van der Waals surface area (Å²) in [6.45, 7) is 17.8. The zero-order valence-electron chi connectivity index (χ0n) is 23.9. The van der Waals surface area contributed by atoms with Gasteiger partial charge in [-0.1, -0.05) is 52.0 Å². The number of nitrogens with zero attached hydrogens (tertiary/aromatic N) is 1. The van der Waals surface area contributed by atoms with Crippen LogP contribution < -0.4 is 5.32 Å². The Bertz CT molecular complexity index is 768. The molecule has 5 heteroatoms. The first-order valence-corrected chi connectivity index (χ1v) is 14.3. The Balaban J connectivity index is 2.15. The lowest BCUT2D eigenvalue weighted by atomic mass is 9.64. The van der Waals surface area contributed by atoms with Crippen LogP contribution in [-0.4, -0.2) is 60.8 Å². The monoisotopic (exact) mass is 502 g/mol. The highest BCUT2D eigenvalue weighted by Gasteiger charge is 2.43. The zero-order valence-corrected chi connectivity index (χ0v) is 23.9. The van der Waals surface area contributed by atoms with Crippen LogP contribution in [-0.2, 0) is 4.74 Å². The Hall–Kier alpha value is -1.40. The minimum absolute atomic E-state index is 0.0532. The topological polar surface area (TPSA) is 65.0 Å². The van der Waals surface area contributed by atoms with E-state index < -0.39 is 0 Å². The first-order chi connectivity index (χ1) is 17.3. The van der Waals surface area contributed by atoms with E-state index in [1.165, 1.54) is 17.6 Å². The summed E-state index contributed by atoms with van der Waals surface area (Å²) in [6, 6.07) is 0. The van der Waals surface area contributed by atoms with Gasteiger partial charge in [-0.25, -0.2) is 0 Å². The highest BCUT2D eigenvalue weighted by atomic mass is 16.5. The van der Waals surface area contributed by atoms with Gasteiger partial charge < -0.3 is 25.2 Å². The summed E-state index contributed by atoms with van der Waals surface area (Å²) in [5.41, 5.74) is 3.48. The zero-order chi connectivity index (χ0) is 26.6. The second-order valence-corrected chi connectivity index (χ2v) is 11.3. The van der Waals surface area contributed by atoms with Crippen LogP contribution in [0.5, 0.6) is 0 Å². The lowest BCUT2D eigenvalue weighted by molar-refractivity contribution is -0.0492. The number of hydrogen-bond donors (Lipinski definition) is 3. The van der Waals surface area contributed by atoms with Crippen LogP contribution in [0.3, 0.4) is 0 Å². The molecule has 0 aromatic carbocycles. The third-order valence-electron chi connectivity index (χ3n) is 8.28. The summed E-state index contributed by atoms with van der Waals surface area (Å²) < 4.78 is 6.65. The fourth-order valence-corrected chi connectivity index (χ4v) is 6.28.